The highest BCUT2D eigenvalue weighted by Gasteiger charge is 1.89. The van der Waals surface area contributed by atoms with E-state index in [2.05, 4.69) is 32.6 Å². The maximum absolute atomic E-state index is 3.67. The molecule has 0 aliphatic heterocycles. The van der Waals surface area contributed by atoms with Crippen LogP contribution in [-0.2, 0) is 0 Å². The molecule has 0 aliphatic rings. The van der Waals surface area contributed by atoms with Gasteiger partial charge in [-0.3, -0.25) is 0 Å². The van der Waals surface area contributed by atoms with E-state index >= 15 is 0 Å². The fourth-order valence-electron chi connectivity index (χ4n) is 0.710. The quantitative estimate of drug-likeness (QED) is 0.505. The van der Waals surface area contributed by atoms with E-state index in [1.807, 2.05) is 6.08 Å². The van der Waals surface area contributed by atoms with Gasteiger partial charge in [0.25, 0.3) is 0 Å². The largest absolute Gasteiger partial charge is 0.103 e. The molecule has 0 amide bonds. The van der Waals surface area contributed by atoms with Gasteiger partial charge in [-0.25, -0.2) is 0 Å². The molecule has 0 radical (unpaired) electrons. The molecule has 0 bridgehead atoms. The van der Waals surface area contributed by atoms with E-state index in [1.54, 1.807) is 0 Å². The molecule has 0 saturated carbocycles. The normalized spacial score (nSPS) is 14.0. The molecule has 0 fully saturated rings. The Bertz CT molecular complexity index is 90.2. The second-order valence-electron chi connectivity index (χ2n) is 2.34. The molecule has 0 heteroatoms. The van der Waals surface area contributed by atoms with Crippen molar-refractivity contribution in [2.75, 3.05) is 0 Å². The van der Waals surface area contributed by atoms with Crippen LogP contribution in [0.5, 0.6) is 0 Å². The highest BCUT2D eigenvalue weighted by Crippen LogP contribution is 2.03. The van der Waals surface area contributed by atoms with E-state index in [1.165, 1.54) is 0 Å². The first kappa shape index (κ1) is 8.48. The third-order valence-corrected chi connectivity index (χ3v) is 1.24. The molecular weight excluding hydrogens is 108 g/mol. The minimum atomic E-state index is 0.669. The Morgan fingerprint density at radius 1 is 1.56 bits per heavy atom. The molecule has 1 atom stereocenters. The summed E-state index contributed by atoms with van der Waals surface area (Å²) in [6, 6.07) is 0. The molecule has 0 aromatic rings. The van der Waals surface area contributed by atoms with E-state index in [9.17, 15) is 0 Å². The van der Waals surface area contributed by atoms with Gasteiger partial charge in [0.05, 0.1) is 0 Å². The third kappa shape index (κ3) is 5.35. The Labute approximate surface area is 58.3 Å². The van der Waals surface area contributed by atoms with Gasteiger partial charge in [0.2, 0.25) is 0 Å². The van der Waals surface area contributed by atoms with Gasteiger partial charge < -0.3 is 0 Å². The molecule has 0 aromatic heterocycles. The van der Waals surface area contributed by atoms with Crippen LogP contribution in [-0.4, -0.2) is 0 Å². The van der Waals surface area contributed by atoms with Crippen LogP contribution in [0.4, 0.5) is 0 Å². The van der Waals surface area contributed by atoms with Crippen molar-refractivity contribution in [1.29, 1.82) is 0 Å². The van der Waals surface area contributed by atoms with Gasteiger partial charge in [-0.2, -0.15) is 0 Å². The van der Waals surface area contributed by atoms with E-state index < -0.39 is 0 Å². The van der Waals surface area contributed by atoms with Crippen molar-refractivity contribution in [2.45, 2.75) is 26.7 Å². The number of hydrogen-bond donors (Lipinski definition) is 0. The molecule has 52 valence electrons. The molecule has 0 heterocycles. The van der Waals surface area contributed by atoms with Gasteiger partial charge >= 0.3 is 0 Å². The second kappa shape index (κ2) is 5.61. The molecule has 1 unspecified atom stereocenters. The van der Waals surface area contributed by atoms with E-state index in [0.717, 1.165) is 12.8 Å². The first-order valence-corrected chi connectivity index (χ1v) is 3.58. The van der Waals surface area contributed by atoms with Gasteiger partial charge in [0.1, 0.15) is 0 Å². The van der Waals surface area contributed by atoms with Crippen LogP contribution in [0.1, 0.15) is 26.7 Å². The van der Waals surface area contributed by atoms with Crippen molar-refractivity contribution in [3.05, 3.63) is 24.8 Å². The van der Waals surface area contributed by atoms with Crippen molar-refractivity contribution in [3.63, 3.8) is 0 Å². The predicted octanol–water partition coefficient (Wildman–Crippen LogP) is 3.16. The van der Waals surface area contributed by atoms with Crippen molar-refractivity contribution in [2.24, 2.45) is 5.92 Å². The van der Waals surface area contributed by atoms with Crippen LogP contribution in [0, 0.1) is 5.92 Å². The lowest BCUT2D eigenvalue weighted by atomic mass is 10.1. The Balaban J connectivity index is 3.35. The lowest BCUT2D eigenvalue weighted by molar-refractivity contribution is 0.742. The lowest BCUT2D eigenvalue weighted by Crippen LogP contribution is -1.84. The zero-order chi connectivity index (χ0) is 7.11. The first-order chi connectivity index (χ1) is 4.31. The zero-order valence-electron chi connectivity index (χ0n) is 6.43. The fourth-order valence-corrected chi connectivity index (χ4v) is 0.710. The maximum Gasteiger partial charge on any atom is -0.0227 e. The topological polar surface area (TPSA) is 0 Å². The Hall–Kier alpha value is -0.520. The third-order valence-electron chi connectivity index (χ3n) is 1.24. The maximum atomic E-state index is 3.67. The molecular formula is C9H16. The van der Waals surface area contributed by atoms with Gasteiger partial charge in [0, 0.05) is 0 Å². The zero-order valence-corrected chi connectivity index (χ0v) is 6.43. The Kier molecular flexibility index (Phi) is 5.29. The minimum absolute atomic E-state index is 0.669. The summed E-state index contributed by atoms with van der Waals surface area (Å²) < 4.78 is 0. The smallest absolute Gasteiger partial charge is 0.0227 e. The average Bonchev–Trinajstić information content (AvgIpc) is 1.85. The van der Waals surface area contributed by atoms with Crippen LogP contribution >= 0.6 is 0 Å². The first-order valence-electron chi connectivity index (χ1n) is 3.58. The summed E-state index contributed by atoms with van der Waals surface area (Å²) in [5.41, 5.74) is 0. The van der Waals surface area contributed by atoms with E-state index in [0.29, 0.717) is 5.92 Å². The summed E-state index contributed by atoms with van der Waals surface area (Å²) in [4.78, 5) is 0. The van der Waals surface area contributed by atoms with Gasteiger partial charge in [-0.1, -0.05) is 32.1 Å². The summed E-state index contributed by atoms with van der Waals surface area (Å²) in [5.74, 6) is 0.669. The van der Waals surface area contributed by atoms with Crippen molar-refractivity contribution >= 4 is 0 Å². The molecule has 0 aliphatic carbocycles. The van der Waals surface area contributed by atoms with Crippen molar-refractivity contribution in [3.8, 4) is 0 Å². The lowest BCUT2D eigenvalue weighted by Gasteiger charge is -1.98. The van der Waals surface area contributed by atoms with Crippen LogP contribution in [0.3, 0.4) is 0 Å². The number of hydrogen-bond acceptors (Lipinski definition) is 0. The van der Waals surface area contributed by atoms with Gasteiger partial charge in [-0.05, 0) is 18.8 Å². The average molecular weight is 124 g/mol. The standard InChI is InChI=1S/C9H16/c1-4-6-8-9(3)7-5-2/h5-6,8-9H,2,4,7H2,1,3H3/b8-6+. The van der Waals surface area contributed by atoms with Crippen molar-refractivity contribution < 1.29 is 0 Å². The highest BCUT2D eigenvalue weighted by atomic mass is 13.9. The number of allylic oxidation sites excluding steroid dienone is 3. The summed E-state index contributed by atoms with van der Waals surface area (Å²) in [7, 11) is 0. The molecule has 0 aromatic carbocycles. The van der Waals surface area contributed by atoms with Crippen LogP contribution in [0.25, 0.3) is 0 Å². The summed E-state index contributed by atoms with van der Waals surface area (Å²) in [6.45, 7) is 8.03. The summed E-state index contributed by atoms with van der Waals surface area (Å²) in [6.07, 6.45) is 8.64. The van der Waals surface area contributed by atoms with Crippen LogP contribution in [0.15, 0.2) is 24.8 Å². The molecule has 0 N–H and O–H groups in total. The predicted molar refractivity (Wildman–Crippen MR) is 43.4 cm³/mol. The SMILES string of the molecule is C=CCC(C)/C=C/CC. The van der Waals surface area contributed by atoms with Crippen LogP contribution < -0.4 is 0 Å². The fraction of sp³-hybridized carbons (Fsp3) is 0.556. The molecule has 0 saturated heterocycles. The van der Waals surface area contributed by atoms with Crippen LogP contribution in [0.2, 0.25) is 0 Å². The van der Waals surface area contributed by atoms with Gasteiger partial charge in [0.15, 0.2) is 0 Å². The monoisotopic (exact) mass is 124 g/mol. The molecule has 0 nitrogen and oxygen atoms in total. The molecule has 0 spiro atoms. The van der Waals surface area contributed by atoms with Crippen molar-refractivity contribution in [1.82, 2.24) is 0 Å². The number of rotatable bonds is 4. The molecule has 9 heavy (non-hydrogen) atoms. The van der Waals surface area contributed by atoms with E-state index in [-0.39, 0.29) is 0 Å². The minimum Gasteiger partial charge on any atom is -0.103 e. The molecule has 0 rings (SSSR count). The van der Waals surface area contributed by atoms with Gasteiger partial charge in [-0.15, -0.1) is 6.58 Å². The summed E-state index contributed by atoms with van der Waals surface area (Å²) in [5, 5.41) is 0. The Morgan fingerprint density at radius 2 is 2.22 bits per heavy atom. The highest BCUT2D eigenvalue weighted by molar-refractivity contribution is 4.88. The second-order valence-corrected chi connectivity index (χ2v) is 2.34. The van der Waals surface area contributed by atoms with E-state index in [4.69, 9.17) is 0 Å². The summed E-state index contributed by atoms with van der Waals surface area (Å²) >= 11 is 0. The Morgan fingerprint density at radius 3 is 2.67 bits per heavy atom.